The Morgan fingerprint density at radius 2 is 1.86 bits per heavy atom. The van der Waals surface area contributed by atoms with Crippen molar-refractivity contribution in [3.05, 3.63) is 89.9 Å². The number of aliphatic hydroxyl groups excluding tert-OH is 1. The van der Waals surface area contributed by atoms with Gasteiger partial charge in [0.1, 0.15) is 17.9 Å². The van der Waals surface area contributed by atoms with Crippen LogP contribution in [0.25, 0.3) is 0 Å². The van der Waals surface area contributed by atoms with Crippen LogP contribution in [0.4, 0.5) is 5.69 Å². The molecule has 29 heavy (non-hydrogen) atoms. The number of amides is 1. The van der Waals surface area contributed by atoms with E-state index in [4.69, 9.17) is 9.68 Å². The fourth-order valence-electron chi connectivity index (χ4n) is 3.05. The van der Waals surface area contributed by atoms with Crippen molar-refractivity contribution in [2.45, 2.75) is 19.1 Å². The molecule has 0 aliphatic heterocycles. The number of para-hydroxylation sites is 1. The predicted molar refractivity (Wildman–Crippen MR) is 110 cm³/mol. The van der Waals surface area contributed by atoms with Crippen LogP contribution in [0.3, 0.4) is 0 Å². The second kappa shape index (κ2) is 10.2. The van der Waals surface area contributed by atoms with Gasteiger partial charge < -0.3 is 14.8 Å². The number of carbonyl (C=O) groups excluding carboxylic acids is 1. The van der Waals surface area contributed by atoms with Crippen molar-refractivity contribution in [2.24, 2.45) is 0 Å². The Labute approximate surface area is 170 Å². The average Bonchev–Trinajstić information content (AvgIpc) is 3.28. The number of nitrogens with one attached hydrogen (secondary N) is 1. The van der Waals surface area contributed by atoms with Crippen LogP contribution in [0.5, 0.6) is 0 Å². The molecule has 1 aromatic heterocycles. The summed E-state index contributed by atoms with van der Waals surface area (Å²) in [5.74, 6) is 0.314. The molecule has 1 amide bonds. The Bertz CT molecular complexity index is 949. The van der Waals surface area contributed by atoms with E-state index in [1.165, 1.54) is 6.26 Å². The van der Waals surface area contributed by atoms with Crippen molar-refractivity contribution in [3.8, 4) is 6.07 Å². The van der Waals surface area contributed by atoms with Crippen molar-refractivity contribution < 1.29 is 14.3 Å². The molecular weight excluding hydrogens is 366 g/mol. The van der Waals surface area contributed by atoms with Gasteiger partial charge in [0.05, 0.1) is 17.5 Å². The van der Waals surface area contributed by atoms with Gasteiger partial charge in [0.2, 0.25) is 5.91 Å². The highest BCUT2D eigenvalue weighted by Gasteiger charge is 2.17. The quantitative estimate of drug-likeness (QED) is 0.582. The normalized spacial score (nSPS) is 11.8. The van der Waals surface area contributed by atoms with Crippen LogP contribution < -0.4 is 5.32 Å². The van der Waals surface area contributed by atoms with Gasteiger partial charge >= 0.3 is 0 Å². The summed E-state index contributed by atoms with van der Waals surface area (Å²) < 4.78 is 5.29. The number of hydrogen-bond donors (Lipinski definition) is 2. The molecule has 2 N–H and O–H groups in total. The Morgan fingerprint density at radius 1 is 1.10 bits per heavy atom. The van der Waals surface area contributed by atoms with E-state index in [2.05, 4.69) is 11.4 Å². The van der Waals surface area contributed by atoms with Crippen LogP contribution in [0, 0.1) is 11.3 Å². The van der Waals surface area contributed by atoms with Crippen LogP contribution in [0.1, 0.15) is 29.4 Å². The van der Waals surface area contributed by atoms with Gasteiger partial charge in [-0.2, -0.15) is 5.26 Å². The summed E-state index contributed by atoms with van der Waals surface area (Å²) in [4.78, 5) is 14.4. The lowest BCUT2D eigenvalue weighted by atomic mass is 10.1. The van der Waals surface area contributed by atoms with Gasteiger partial charge in [0.25, 0.3) is 0 Å². The Hall–Kier alpha value is -3.40. The smallest absolute Gasteiger partial charge is 0.225 e. The molecule has 2 aromatic carbocycles. The third kappa shape index (κ3) is 6.04. The highest BCUT2D eigenvalue weighted by Crippen LogP contribution is 2.17. The number of carbonyl (C=O) groups is 1. The lowest BCUT2D eigenvalue weighted by molar-refractivity contribution is -0.116. The monoisotopic (exact) mass is 389 g/mol. The first-order chi connectivity index (χ1) is 14.2. The van der Waals surface area contributed by atoms with Crippen LogP contribution in [0.15, 0.2) is 77.4 Å². The molecule has 3 rings (SSSR count). The number of benzene rings is 2. The second-order valence-electron chi connectivity index (χ2n) is 6.71. The SMILES string of the molecule is N#Cc1ccccc1NC(=O)CCN(Cc1ccccc1)C[C@@H](O)c1ccco1. The zero-order chi connectivity index (χ0) is 20.5. The van der Waals surface area contributed by atoms with Gasteiger partial charge in [-0.05, 0) is 29.8 Å². The number of rotatable bonds is 9. The fraction of sp³-hybridized carbons (Fsp3) is 0.217. The third-order valence-corrected chi connectivity index (χ3v) is 4.53. The molecule has 0 spiro atoms. The lowest BCUT2D eigenvalue weighted by Gasteiger charge is -2.24. The zero-order valence-corrected chi connectivity index (χ0v) is 16.0. The number of nitrogens with zero attached hydrogens (tertiary/aromatic N) is 2. The van der Waals surface area contributed by atoms with Crippen molar-refractivity contribution >= 4 is 11.6 Å². The molecule has 6 heteroatoms. The standard InChI is InChI=1S/C23H23N3O3/c24-15-19-9-4-5-10-20(19)25-23(28)12-13-26(16-18-7-2-1-3-8-18)17-21(27)22-11-6-14-29-22/h1-11,14,21,27H,12-13,16-17H2,(H,25,28)/t21-/m1/s1. The lowest BCUT2D eigenvalue weighted by Crippen LogP contribution is -2.31. The van der Waals surface area contributed by atoms with Crippen LogP contribution >= 0.6 is 0 Å². The highest BCUT2D eigenvalue weighted by atomic mass is 16.4. The minimum Gasteiger partial charge on any atom is -0.467 e. The number of anilines is 1. The van der Waals surface area contributed by atoms with Gasteiger partial charge in [0, 0.05) is 26.1 Å². The minimum atomic E-state index is -0.781. The molecule has 0 radical (unpaired) electrons. The molecule has 0 unspecified atom stereocenters. The van der Waals surface area contributed by atoms with Crippen LogP contribution in [0.2, 0.25) is 0 Å². The summed E-state index contributed by atoms with van der Waals surface area (Å²) in [6, 6.07) is 22.3. The number of aliphatic hydroxyl groups is 1. The summed E-state index contributed by atoms with van der Waals surface area (Å²) in [6.07, 6.45) is 0.980. The van der Waals surface area contributed by atoms with E-state index in [1.807, 2.05) is 35.2 Å². The van der Waals surface area contributed by atoms with Gasteiger partial charge in [-0.15, -0.1) is 0 Å². The molecule has 0 saturated heterocycles. The molecule has 1 atom stereocenters. The molecule has 148 valence electrons. The molecular formula is C23H23N3O3. The summed E-state index contributed by atoms with van der Waals surface area (Å²) in [7, 11) is 0. The third-order valence-electron chi connectivity index (χ3n) is 4.53. The Kier molecular flexibility index (Phi) is 7.17. The number of hydrogen-bond acceptors (Lipinski definition) is 5. The molecule has 3 aromatic rings. The van der Waals surface area contributed by atoms with E-state index in [0.717, 1.165) is 5.56 Å². The van der Waals surface area contributed by atoms with Crippen LogP contribution in [-0.2, 0) is 11.3 Å². The summed E-state index contributed by atoms with van der Waals surface area (Å²) in [5.41, 5.74) is 2.02. The van der Waals surface area contributed by atoms with E-state index in [0.29, 0.717) is 36.6 Å². The van der Waals surface area contributed by atoms with E-state index in [9.17, 15) is 9.90 Å². The number of nitriles is 1. The van der Waals surface area contributed by atoms with Crippen molar-refractivity contribution in [2.75, 3.05) is 18.4 Å². The molecule has 1 heterocycles. The van der Waals surface area contributed by atoms with Gasteiger partial charge in [-0.3, -0.25) is 9.69 Å². The molecule has 0 aliphatic carbocycles. The van der Waals surface area contributed by atoms with Crippen molar-refractivity contribution in [3.63, 3.8) is 0 Å². The fourth-order valence-corrected chi connectivity index (χ4v) is 3.05. The Morgan fingerprint density at radius 3 is 2.59 bits per heavy atom. The molecule has 0 saturated carbocycles. The summed E-state index contributed by atoms with van der Waals surface area (Å²) >= 11 is 0. The highest BCUT2D eigenvalue weighted by molar-refractivity contribution is 5.92. The molecule has 0 bridgehead atoms. The van der Waals surface area contributed by atoms with E-state index >= 15 is 0 Å². The first-order valence-electron chi connectivity index (χ1n) is 9.42. The average molecular weight is 389 g/mol. The van der Waals surface area contributed by atoms with Gasteiger partial charge in [-0.1, -0.05) is 42.5 Å². The molecule has 0 fully saturated rings. The number of furan rings is 1. The van der Waals surface area contributed by atoms with Crippen LogP contribution in [-0.4, -0.2) is 29.0 Å². The van der Waals surface area contributed by atoms with E-state index in [1.54, 1.807) is 36.4 Å². The van der Waals surface area contributed by atoms with Gasteiger partial charge in [-0.25, -0.2) is 0 Å². The topological polar surface area (TPSA) is 89.5 Å². The largest absolute Gasteiger partial charge is 0.467 e. The maximum Gasteiger partial charge on any atom is 0.225 e. The molecule has 0 aliphatic rings. The Balaban J connectivity index is 1.62. The van der Waals surface area contributed by atoms with Crippen molar-refractivity contribution in [1.82, 2.24) is 4.90 Å². The van der Waals surface area contributed by atoms with E-state index in [-0.39, 0.29) is 12.3 Å². The first kappa shape index (κ1) is 20.3. The summed E-state index contributed by atoms with van der Waals surface area (Å²) in [6.45, 7) is 1.39. The predicted octanol–water partition coefficient (Wildman–Crippen LogP) is 3.72. The maximum atomic E-state index is 12.4. The maximum absolute atomic E-state index is 12.4. The first-order valence-corrected chi connectivity index (χ1v) is 9.42. The van der Waals surface area contributed by atoms with Crippen molar-refractivity contribution in [1.29, 1.82) is 5.26 Å². The van der Waals surface area contributed by atoms with E-state index < -0.39 is 6.10 Å². The zero-order valence-electron chi connectivity index (χ0n) is 16.0. The molecule has 6 nitrogen and oxygen atoms in total. The second-order valence-corrected chi connectivity index (χ2v) is 6.71. The summed E-state index contributed by atoms with van der Waals surface area (Å²) in [5, 5.41) is 22.4. The van der Waals surface area contributed by atoms with Gasteiger partial charge in [0.15, 0.2) is 0 Å². The minimum absolute atomic E-state index is 0.182.